The van der Waals surface area contributed by atoms with E-state index in [4.69, 9.17) is 0 Å². The van der Waals surface area contributed by atoms with Gasteiger partial charge in [-0.2, -0.15) is 0 Å². The van der Waals surface area contributed by atoms with Crippen LogP contribution in [0.15, 0.2) is 0 Å². The second kappa shape index (κ2) is 5.67. The summed E-state index contributed by atoms with van der Waals surface area (Å²) in [7, 11) is 0. The van der Waals surface area contributed by atoms with Gasteiger partial charge in [0.1, 0.15) is 0 Å². The third-order valence-corrected chi connectivity index (χ3v) is 3.13. The highest BCUT2D eigenvalue weighted by Crippen LogP contribution is 2.17. The number of nitrogens with one attached hydrogen (secondary N) is 1. The molecule has 0 saturated carbocycles. The largest absolute Gasteiger partial charge is 0.341 e. The van der Waals surface area contributed by atoms with Crippen LogP contribution in [0.3, 0.4) is 0 Å². The molecule has 0 bridgehead atoms. The van der Waals surface area contributed by atoms with Crippen molar-refractivity contribution in [3.05, 3.63) is 0 Å². The lowest BCUT2D eigenvalue weighted by Crippen LogP contribution is -2.43. The first-order valence-electron chi connectivity index (χ1n) is 6.41. The number of likely N-dealkylation sites (tertiary alicyclic amines) is 1. The average Bonchev–Trinajstić information content (AvgIpc) is 2.30. The summed E-state index contributed by atoms with van der Waals surface area (Å²) in [6.45, 7) is 11.4. The van der Waals surface area contributed by atoms with Crippen molar-refractivity contribution in [1.29, 1.82) is 0 Å². The molecule has 1 unspecified atom stereocenters. The molecule has 0 spiro atoms. The summed E-state index contributed by atoms with van der Waals surface area (Å²) in [6.07, 6.45) is 2.94. The van der Waals surface area contributed by atoms with E-state index in [0.717, 1.165) is 38.9 Å². The molecule has 1 fully saturated rings. The Balaban J connectivity index is 2.32. The summed E-state index contributed by atoms with van der Waals surface area (Å²) in [4.78, 5) is 13.8. The first-order valence-corrected chi connectivity index (χ1v) is 6.41. The maximum atomic E-state index is 11.8. The highest BCUT2D eigenvalue weighted by atomic mass is 16.2. The molecule has 0 radical (unpaired) electrons. The fraction of sp³-hybridized carbons (Fsp3) is 0.923. The molecule has 1 aliphatic heterocycles. The van der Waals surface area contributed by atoms with E-state index < -0.39 is 0 Å². The molecule has 0 aromatic heterocycles. The molecule has 1 atom stereocenters. The summed E-state index contributed by atoms with van der Waals surface area (Å²) in [5, 5.41) is 3.43. The Morgan fingerprint density at radius 1 is 1.38 bits per heavy atom. The molecule has 3 nitrogen and oxygen atoms in total. The Morgan fingerprint density at radius 3 is 2.69 bits per heavy atom. The van der Waals surface area contributed by atoms with Gasteiger partial charge in [0.2, 0.25) is 5.91 Å². The SMILES string of the molecule is CC1CCC(=O)N(CCNC(C)(C)C)CC1. The molecular weight excluding hydrogens is 200 g/mol. The highest BCUT2D eigenvalue weighted by molar-refractivity contribution is 5.76. The van der Waals surface area contributed by atoms with Gasteiger partial charge in [-0.15, -0.1) is 0 Å². The standard InChI is InChI=1S/C13H26N2O/c1-11-5-6-12(16)15(9-7-11)10-8-14-13(2,3)4/h11,14H,5-10H2,1-4H3. The van der Waals surface area contributed by atoms with Crippen molar-refractivity contribution in [3.8, 4) is 0 Å². The molecule has 0 aliphatic carbocycles. The highest BCUT2D eigenvalue weighted by Gasteiger charge is 2.20. The average molecular weight is 226 g/mol. The minimum absolute atomic E-state index is 0.141. The van der Waals surface area contributed by atoms with E-state index in [1.54, 1.807) is 0 Å². The Bertz CT molecular complexity index is 233. The van der Waals surface area contributed by atoms with Gasteiger partial charge in [0, 0.05) is 31.6 Å². The summed E-state index contributed by atoms with van der Waals surface area (Å²) >= 11 is 0. The third kappa shape index (κ3) is 4.97. The van der Waals surface area contributed by atoms with Crippen LogP contribution in [0.1, 0.15) is 47.0 Å². The summed E-state index contributed by atoms with van der Waals surface area (Å²) in [6, 6.07) is 0. The van der Waals surface area contributed by atoms with Crippen molar-refractivity contribution >= 4 is 5.91 Å². The lowest BCUT2D eigenvalue weighted by molar-refractivity contribution is -0.130. The first kappa shape index (κ1) is 13.5. The van der Waals surface area contributed by atoms with Crippen LogP contribution in [0.2, 0.25) is 0 Å². The second-order valence-corrected chi connectivity index (χ2v) is 5.99. The smallest absolute Gasteiger partial charge is 0.222 e. The van der Waals surface area contributed by atoms with Crippen molar-refractivity contribution in [2.45, 2.75) is 52.5 Å². The van der Waals surface area contributed by atoms with Gasteiger partial charge in [-0.05, 0) is 39.5 Å². The lowest BCUT2D eigenvalue weighted by Gasteiger charge is -2.25. The van der Waals surface area contributed by atoms with Gasteiger partial charge in [-0.25, -0.2) is 0 Å². The van der Waals surface area contributed by atoms with Crippen LogP contribution in [0, 0.1) is 5.92 Å². The quantitative estimate of drug-likeness (QED) is 0.798. The minimum Gasteiger partial charge on any atom is -0.341 e. The van der Waals surface area contributed by atoms with Gasteiger partial charge in [-0.3, -0.25) is 4.79 Å². The Labute approximate surface area is 99.6 Å². The van der Waals surface area contributed by atoms with E-state index in [2.05, 4.69) is 33.0 Å². The van der Waals surface area contributed by atoms with Gasteiger partial charge < -0.3 is 10.2 Å². The van der Waals surface area contributed by atoms with Crippen molar-refractivity contribution in [1.82, 2.24) is 10.2 Å². The number of nitrogens with zero attached hydrogens (tertiary/aromatic N) is 1. The summed E-state index contributed by atoms with van der Waals surface area (Å²) in [5.41, 5.74) is 0.141. The molecule has 1 aliphatic rings. The van der Waals surface area contributed by atoms with Crippen LogP contribution < -0.4 is 5.32 Å². The second-order valence-electron chi connectivity index (χ2n) is 5.99. The van der Waals surface area contributed by atoms with Gasteiger partial charge in [0.25, 0.3) is 0 Å². The fourth-order valence-electron chi connectivity index (χ4n) is 1.98. The number of rotatable bonds is 3. The van der Waals surface area contributed by atoms with Crippen LogP contribution in [-0.2, 0) is 4.79 Å². The number of carbonyl (C=O) groups is 1. The molecule has 16 heavy (non-hydrogen) atoms. The topological polar surface area (TPSA) is 32.3 Å². The van der Waals surface area contributed by atoms with Crippen molar-refractivity contribution in [2.75, 3.05) is 19.6 Å². The van der Waals surface area contributed by atoms with E-state index in [9.17, 15) is 4.79 Å². The van der Waals surface area contributed by atoms with E-state index >= 15 is 0 Å². The van der Waals surface area contributed by atoms with E-state index in [-0.39, 0.29) is 5.54 Å². The molecule has 3 heteroatoms. The molecular formula is C13H26N2O. The van der Waals surface area contributed by atoms with Crippen LogP contribution in [0.25, 0.3) is 0 Å². The minimum atomic E-state index is 0.141. The Hall–Kier alpha value is -0.570. The maximum Gasteiger partial charge on any atom is 0.222 e. The lowest BCUT2D eigenvalue weighted by atomic mass is 10.0. The monoisotopic (exact) mass is 226 g/mol. The molecule has 94 valence electrons. The molecule has 1 amide bonds. The van der Waals surface area contributed by atoms with Gasteiger partial charge in [0.05, 0.1) is 0 Å². The molecule has 1 heterocycles. The van der Waals surface area contributed by atoms with Crippen LogP contribution in [0.4, 0.5) is 0 Å². The summed E-state index contributed by atoms with van der Waals surface area (Å²) in [5.74, 6) is 1.03. The number of hydrogen-bond donors (Lipinski definition) is 1. The maximum absolute atomic E-state index is 11.8. The van der Waals surface area contributed by atoms with Crippen LogP contribution in [0.5, 0.6) is 0 Å². The normalized spacial score (nSPS) is 23.4. The molecule has 1 N–H and O–H groups in total. The van der Waals surface area contributed by atoms with Crippen LogP contribution in [-0.4, -0.2) is 36.0 Å². The van der Waals surface area contributed by atoms with Crippen molar-refractivity contribution < 1.29 is 4.79 Å². The van der Waals surface area contributed by atoms with Gasteiger partial charge >= 0.3 is 0 Å². The molecule has 0 aromatic rings. The predicted octanol–water partition coefficient (Wildman–Crippen LogP) is 2.02. The van der Waals surface area contributed by atoms with E-state index in [1.807, 2.05) is 4.90 Å². The Morgan fingerprint density at radius 2 is 2.06 bits per heavy atom. The van der Waals surface area contributed by atoms with Crippen molar-refractivity contribution in [2.24, 2.45) is 5.92 Å². The molecule has 1 saturated heterocycles. The first-order chi connectivity index (χ1) is 7.38. The Kier molecular flexibility index (Phi) is 4.78. The summed E-state index contributed by atoms with van der Waals surface area (Å²) < 4.78 is 0. The predicted molar refractivity (Wildman–Crippen MR) is 67.4 cm³/mol. The van der Waals surface area contributed by atoms with Gasteiger partial charge in [0.15, 0.2) is 0 Å². The van der Waals surface area contributed by atoms with E-state index in [1.165, 1.54) is 0 Å². The van der Waals surface area contributed by atoms with E-state index in [0.29, 0.717) is 11.8 Å². The molecule has 1 rings (SSSR count). The van der Waals surface area contributed by atoms with Gasteiger partial charge in [-0.1, -0.05) is 6.92 Å². The fourth-order valence-corrected chi connectivity index (χ4v) is 1.98. The van der Waals surface area contributed by atoms with Crippen molar-refractivity contribution in [3.63, 3.8) is 0 Å². The zero-order chi connectivity index (χ0) is 12.2. The number of amides is 1. The van der Waals surface area contributed by atoms with Crippen LogP contribution >= 0.6 is 0 Å². The zero-order valence-electron chi connectivity index (χ0n) is 11.2. The number of carbonyl (C=O) groups excluding carboxylic acids is 1. The molecule has 0 aromatic carbocycles. The zero-order valence-corrected chi connectivity index (χ0v) is 11.2. The number of hydrogen-bond acceptors (Lipinski definition) is 2. The third-order valence-electron chi connectivity index (χ3n) is 3.13.